The number of hydrogen-bond acceptors (Lipinski definition) is 5. The fourth-order valence-electron chi connectivity index (χ4n) is 10.4. The maximum absolute atomic E-state index is 5.27. The Hall–Kier alpha value is -8.67. The first-order chi connectivity index (χ1) is 32.7. The van der Waals surface area contributed by atoms with Gasteiger partial charge in [-0.1, -0.05) is 188 Å². The van der Waals surface area contributed by atoms with Crippen molar-refractivity contribution in [3.63, 3.8) is 0 Å². The van der Waals surface area contributed by atoms with Crippen LogP contribution in [0.4, 0.5) is 0 Å². The van der Waals surface area contributed by atoms with Crippen LogP contribution in [0.25, 0.3) is 105 Å². The van der Waals surface area contributed by atoms with Gasteiger partial charge in [0, 0.05) is 40.1 Å². The van der Waals surface area contributed by atoms with Crippen molar-refractivity contribution in [3.8, 4) is 56.4 Å². The number of nitrogens with zero attached hydrogens (tertiary/aromatic N) is 3. The summed E-state index contributed by atoms with van der Waals surface area (Å²) < 4.78 is 0. The average molecular weight is 844 g/mol. The Morgan fingerprint density at radius 3 is 1.58 bits per heavy atom. The van der Waals surface area contributed by atoms with Crippen LogP contribution in [0, 0.1) is 0 Å². The van der Waals surface area contributed by atoms with Crippen molar-refractivity contribution in [2.75, 3.05) is 6.54 Å². The Balaban J connectivity index is 1.08. The third-order valence-corrected chi connectivity index (χ3v) is 13.4. The van der Waals surface area contributed by atoms with Crippen LogP contribution in [-0.4, -0.2) is 27.5 Å². The summed E-state index contributed by atoms with van der Waals surface area (Å²) in [6.45, 7) is 0.750. The minimum absolute atomic E-state index is 0.0972. The second-order valence-electron chi connectivity index (χ2n) is 17.2. The zero-order valence-corrected chi connectivity index (χ0v) is 35.9. The molecule has 0 fully saturated rings. The minimum Gasteiger partial charge on any atom is -0.387 e. The number of aromatic nitrogens is 3. The van der Waals surface area contributed by atoms with Crippen LogP contribution >= 0.6 is 0 Å². The van der Waals surface area contributed by atoms with E-state index in [-0.39, 0.29) is 6.04 Å². The van der Waals surface area contributed by atoms with Gasteiger partial charge in [-0.05, 0) is 107 Å². The second-order valence-corrected chi connectivity index (χ2v) is 17.2. The standard InChI is InChI=1S/C61H41N5/c1-3-16-38(17-4-1)59-64-60(39-18-5-2-6-19-39)66-61(65-59)42-35-40(34-41(36-42)44-26-14-29-53-48-21-8-7-20-46(48)47-22-9-10-24-52(47)57(44)53)43-25-13-28-49-45(43)27-15-30-54(49)58-55-37-62-33-32-50(55)51-23-11-12-31-56(51)63-58/h1-36,56,62-63H,37H2. The van der Waals surface area contributed by atoms with Gasteiger partial charge in [0.1, 0.15) is 0 Å². The van der Waals surface area contributed by atoms with Crippen LogP contribution in [0.15, 0.2) is 235 Å². The zero-order valence-electron chi connectivity index (χ0n) is 35.9. The van der Waals surface area contributed by atoms with Crippen LogP contribution in [-0.2, 0) is 0 Å². The normalized spacial score (nSPS) is 15.3. The molecule has 3 heterocycles. The SMILES string of the molecule is C1=CC2=C3C=CNCC3=C(c3cccc4c(-c5cc(-c6nc(-c7ccccc7)nc(-c7ccccc7)n6)cc(-c6cccc7c8ccccc8c8ccccc8c67)c5)cccc34)NC2C=C1. The molecular weight excluding hydrogens is 803 g/mol. The van der Waals surface area contributed by atoms with Crippen molar-refractivity contribution in [1.82, 2.24) is 25.6 Å². The van der Waals surface area contributed by atoms with Crippen LogP contribution in [0.5, 0.6) is 0 Å². The summed E-state index contributed by atoms with van der Waals surface area (Å²) in [4.78, 5) is 15.6. The van der Waals surface area contributed by atoms with Gasteiger partial charge in [-0.25, -0.2) is 15.0 Å². The molecule has 0 spiro atoms. The molecule has 5 heteroatoms. The lowest BCUT2D eigenvalue weighted by Crippen LogP contribution is -2.36. The number of nitrogens with one attached hydrogen (secondary N) is 2. The molecule has 310 valence electrons. The topological polar surface area (TPSA) is 62.7 Å². The van der Waals surface area contributed by atoms with E-state index in [1.165, 1.54) is 65.4 Å². The maximum atomic E-state index is 5.27. The highest BCUT2D eigenvalue weighted by atomic mass is 15.0. The van der Waals surface area contributed by atoms with Crippen molar-refractivity contribution in [2.45, 2.75) is 6.04 Å². The van der Waals surface area contributed by atoms with Gasteiger partial charge in [-0.2, -0.15) is 0 Å². The summed E-state index contributed by atoms with van der Waals surface area (Å²) in [5.41, 5.74) is 13.4. The zero-order chi connectivity index (χ0) is 43.6. The van der Waals surface area contributed by atoms with Gasteiger partial charge in [0.25, 0.3) is 0 Å². The second kappa shape index (κ2) is 15.5. The Morgan fingerprint density at radius 2 is 0.909 bits per heavy atom. The van der Waals surface area contributed by atoms with Crippen LogP contribution in [0.2, 0.25) is 0 Å². The fraction of sp³-hybridized carbons (Fsp3) is 0.0328. The van der Waals surface area contributed by atoms with Crippen molar-refractivity contribution >= 4 is 48.8 Å². The smallest absolute Gasteiger partial charge is 0.164 e. The molecule has 1 aliphatic carbocycles. The third-order valence-electron chi connectivity index (χ3n) is 13.4. The molecule has 1 atom stereocenters. The van der Waals surface area contributed by atoms with E-state index in [9.17, 15) is 0 Å². The van der Waals surface area contributed by atoms with Gasteiger partial charge in [0.05, 0.1) is 6.04 Å². The van der Waals surface area contributed by atoms with Gasteiger partial charge < -0.3 is 10.6 Å². The van der Waals surface area contributed by atoms with E-state index in [1.807, 2.05) is 36.4 Å². The van der Waals surface area contributed by atoms with Crippen LogP contribution < -0.4 is 10.6 Å². The van der Waals surface area contributed by atoms with E-state index in [0.29, 0.717) is 17.5 Å². The number of benzene rings is 9. The lowest BCUT2D eigenvalue weighted by molar-refractivity contribution is 0.776. The Bertz CT molecular complexity index is 3680. The highest BCUT2D eigenvalue weighted by Gasteiger charge is 2.29. The molecule has 2 N–H and O–H groups in total. The predicted octanol–water partition coefficient (Wildman–Crippen LogP) is 14.0. The lowest BCUT2D eigenvalue weighted by atomic mass is 9.83. The van der Waals surface area contributed by atoms with Crippen molar-refractivity contribution < 1.29 is 0 Å². The summed E-state index contributed by atoms with van der Waals surface area (Å²) in [5, 5.41) is 17.2. The molecule has 9 aromatic carbocycles. The van der Waals surface area contributed by atoms with E-state index in [2.05, 4.69) is 193 Å². The molecule has 3 aliphatic rings. The molecule has 0 radical (unpaired) electrons. The quantitative estimate of drug-likeness (QED) is 0.163. The van der Waals surface area contributed by atoms with E-state index < -0.39 is 0 Å². The highest BCUT2D eigenvalue weighted by Crippen LogP contribution is 2.44. The van der Waals surface area contributed by atoms with Crippen LogP contribution in [0.1, 0.15) is 5.56 Å². The Kier molecular flexibility index (Phi) is 8.91. The Morgan fingerprint density at radius 1 is 0.409 bits per heavy atom. The molecule has 0 saturated heterocycles. The van der Waals surface area contributed by atoms with Gasteiger partial charge in [-0.3, -0.25) is 0 Å². The first-order valence-electron chi connectivity index (χ1n) is 22.6. The van der Waals surface area contributed by atoms with Crippen LogP contribution in [0.3, 0.4) is 0 Å². The van der Waals surface area contributed by atoms with Gasteiger partial charge in [-0.15, -0.1) is 0 Å². The van der Waals surface area contributed by atoms with Crippen molar-refractivity contribution in [2.24, 2.45) is 0 Å². The molecule has 0 bridgehead atoms. The molecule has 0 saturated carbocycles. The van der Waals surface area contributed by atoms with Gasteiger partial charge >= 0.3 is 0 Å². The van der Waals surface area contributed by atoms with Crippen molar-refractivity contribution in [3.05, 3.63) is 241 Å². The fourth-order valence-corrected chi connectivity index (χ4v) is 10.4. The first kappa shape index (κ1) is 37.8. The summed E-state index contributed by atoms with van der Waals surface area (Å²) in [5.74, 6) is 1.87. The predicted molar refractivity (Wildman–Crippen MR) is 273 cm³/mol. The number of hydrogen-bond donors (Lipinski definition) is 2. The lowest BCUT2D eigenvalue weighted by Gasteiger charge is -2.34. The van der Waals surface area contributed by atoms with Crippen molar-refractivity contribution in [1.29, 1.82) is 0 Å². The van der Waals surface area contributed by atoms with E-state index >= 15 is 0 Å². The molecule has 10 aromatic rings. The number of rotatable bonds is 6. The molecule has 1 aromatic heterocycles. The maximum Gasteiger partial charge on any atom is 0.164 e. The number of allylic oxidation sites excluding steroid dienone is 3. The molecule has 66 heavy (non-hydrogen) atoms. The summed E-state index contributed by atoms with van der Waals surface area (Å²) >= 11 is 0. The monoisotopic (exact) mass is 843 g/mol. The third kappa shape index (κ3) is 6.27. The molecule has 2 aliphatic heterocycles. The molecule has 5 nitrogen and oxygen atoms in total. The van der Waals surface area contributed by atoms with E-state index in [4.69, 9.17) is 15.0 Å². The first-order valence-corrected chi connectivity index (χ1v) is 22.6. The summed E-state index contributed by atoms with van der Waals surface area (Å²) in [6.07, 6.45) is 13.1. The number of fused-ring (bicyclic) bond motifs is 9. The Labute approximate surface area is 382 Å². The molecular formula is C61H41N5. The minimum atomic E-state index is 0.0972. The van der Waals surface area contributed by atoms with Gasteiger partial charge in [0.15, 0.2) is 17.5 Å². The summed E-state index contributed by atoms with van der Waals surface area (Å²) in [7, 11) is 0. The van der Waals surface area contributed by atoms with E-state index in [1.54, 1.807) is 0 Å². The van der Waals surface area contributed by atoms with Gasteiger partial charge in [0.2, 0.25) is 0 Å². The highest BCUT2D eigenvalue weighted by molar-refractivity contribution is 6.28. The summed E-state index contributed by atoms with van der Waals surface area (Å²) in [6, 6.07) is 65.2. The number of dihydropyridines is 1. The molecule has 1 unspecified atom stereocenters. The average Bonchev–Trinajstić information content (AvgIpc) is 3.40. The molecule has 13 rings (SSSR count). The van der Waals surface area contributed by atoms with E-state index in [0.717, 1.165) is 51.2 Å². The largest absolute Gasteiger partial charge is 0.387 e. The molecule has 0 amide bonds.